The van der Waals surface area contributed by atoms with E-state index in [1.54, 1.807) is 12.1 Å². The van der Waals surface area contributed by atoms with Gasteiger partial charge in [-0.3, -0.25) is 9.36 Å². The monoisotopic (exact) mass is 419 g/mol. The van der Waals surface area contributed by atoms with Crippen LogP contribution in [0.2, 0.25) is 0 Å². The van der Waals surface area contributed by atoms with Crippen LogP contribution in [0.15, 0.2) is 64.8 Å². The second-order valence-corrected chi connectivity index (χ2v) is 8.71. The second-order valence-electron chi connectivity index (χ2n) is 7.85. The lowest BCUT2D eigenvalue weighted by atomic mass is 10.0. The fraction of sp³-hybridized carbons (Fsp3) is 0.250. The molecular formula is C24H22FN3OS. The molecule has 0 amide bonds. The molecule has 0 unspecified atom stereocenters. The van der Waals surface area contributed by atoms with Gasteiger partial charge in [-0.2, -0.15) is 0 Å². The van der Waals surface area contributed by atoms with Gasteiger partial charge in [-0.25, -0.2) is 9.37 Å². The maximum Gasteiger partial charge on any atom is 0.263 e. The lowest BCUT2D eigenvalue weighted by Gasteiger charge is -2.31. The molecule has 0 N–H and O–H groups in total. The van der Waals surface area contributed by atoms with Gasteiger partial charge in [-0.1, -0.05) is 42.5 Å². The molecule has 2 aromatic heterocycles. The number of fused-ring (bicyclic) bond motifs is 1. The van der Waals surface area contributed by atoms with E-state index in [1.165, 1.54) is 23.5 Å². The Hall–Kier alpha value is -2.83. The van der Waals surface area contributed by atoms with Gasteiger partial charge in [-0.15, -0.1) is 11.3 Å². The molecule has 0 atom stereocenters. The zero-order valence-electron chi connectivity index (χ0n) is 16.7. The molecule has 0 aliphatic carbocycles. The van der Waals surface area contributed by atoms with E-state index in [9.17, 15) is 9.18 Å². The Kier molecular flexibility index (Phi) is 4.97. The highest BCUT2D eigenvalue weighted by Crippen LogP contribution is 2.34. The number of piperidine rings is 1. The molecule has 3 heterocycles. The van der Waals surface area contributed by atoms with Crippen molar-refractivity contribution in [2.24, 2.45) is 0 Å². The van der Waals surface area contributed by atoms with E-state index in [0.29, 0.717) is 5.39 Å². The van der Waals surface area contributed by atoms with Crippen molar-refractivity contribution in [3.05, 3.63) is 76.1 Å². The Balaban J connectivity index is 1.75. The van der Waals surface area contributed by atoms with E-state index in [2.05, 4.69) is 11.9 Å². The molecular weight excluding hydrogens is 397 g/mol. The average Bonchev–Trinajstić information content (AvgIpc) is 3.20. The summed E-state index contributed by atoms with van der Waals surface area (Å²) in [5.41, 5.74) is 2.61. The Labute approximate surface area is 178 Å². The minimum Gasteiger partial charge on any atom is -0.306 e. The highest BCUT2D eigenvalue weighted by atomic mass is 32.1. The molecule has 1 aliphatic rings. The number of benzene rings is 2. The van der Waals surface area contributed by atoms with Crippen LogP contribution in [0.25, 0.3) is 32.7 Å². The van der Waals surface area contributed by atoms with Gasteiger partial charge in [0.2, 0.25) is 0 Å². The van der Waals surface area contributed by atoms with Crippen molar-refractivity contribution in [2.75, 3.05) is 20.1 Å². The molecule has 152 valence electrons. The maximum absolute atomic E-state index is 13.9. The molecule has 0 bridgehead atoms. The van der Waals surface area contributed by atoms with E-state index < -0.39 is 0 Å². The minimum atomic E-state index is -0.286. The van der Waals surface area contributed by atoms with Crippen molar-refractivity contribution >= 4 is 21.6 Å². The van der Waals surface area contributed by atoms with Crippen LogP contribution < -0.4 is 5.56 Å². The van der Waals surface area contributed by atoms with Gasteiger partial charge in [0.25, 0.3) is 5.56 Å². The Morgan fingerprint density at radius 2 is 1.70 bits per heavy atom. The predicted octanol–water partition coefficient (Wildman–Crippen LogP) is 5.20. The molecule has 30 heavy (non-hydrogen) atoms. The summed E-state index contributed by atoms with van der Waals surface area (Å²) < 4.78 is 15.3. The molecule has 0 radical (unpaired) electrons. The first-order valence-corrected chi connectivity index (χ1v) is 11.0. The molecule has 1 aliphatic heterocycles. The van der Waals surface area contributed by atoms with Crippen molar-refractivity contribution in [1.82, 2.24) is 14.5 Å². The molecule has 6 heteroatoms. The summed E-state index contributed by atoms with van der Waals surface area (Å²) in [6, 6.07) is 16.4. The number of hydrogen-bond donors (Lipinski definition) is 0. The standard InChI is InChI=1S/C24H22FN3OS/c1-27-13-11-19(12-14-27)28-22(17-5-3-2-4-6-17)26-23-21(24(28)29)20(15-30-23)16-7-9-18(25)10-8-16/h2-10,15,19H,11-14H2,1H3. The van der Waals surface area contributed by atoms with Crippen LogP contribution in [0.4, 0.5) is 4.39 Å². The molecule has 4 nitrogen and oxygen atoms in total. The van der Waals surface area contributed by atoms with Crippen LogP contribution in [0, 0.1) is 5.82 Å². The van der Waals surface area contributed by atoms with Crippen molar-refractivity contribution < 1.29 is 4.39 Å². The molecule has 0 saturated carbocycles. The summed E-state index contributed by atoms with van der Waals surface area (Å²) in [7, 11) is 2.12. The van der Waals surface area contributed by atoms with Gasteiger partial charge in [-0.05, 0) is 50.7 Å². The van der Waals surface area contributed by atoms with E-state index in [-0.39, 0.29) is 17.4 Å². The number of likely N-dealkylation sites (tertiary alicyclic amines) is 1. The van der Waals surface area contributed by atoms with Gasteiger partial charge in [0.1, 0.15) is 16.5 Å². The fourth-order valence-corrected chi connectivity index (χ4v) is 5.17. The van der Waals surface area contributed by atoms with Crippen molar-refractivity contribution in [1.29, 1.82) is 0 Å². The SMILES string of the molecule is CN1CCC(n2c(-c3ccccc3)nc3scc(-c4ccc(F)cc4)c3c2=O)CC1. The predicted molar refractivity (Wildman–Crippen MR) is 120 cm³/mol. The summed E-state index contributed by atoms with van der Waals surface area (Å²) in [5, 5.41) is 2.59. The largest absolute Gasteiger partial charge is 0.306 e. The van der Waals surface area contributed by atoms with E-state index in [1.807, 2.05) is 40.3 Å². The summed E-state index contributed by atoms with van der Waals surface area (Å²) in [6.45, 7) is 1.91. The lowest BCUT2D eigenvalue weighted by molar-refractivity contribution is 0.219. The zero-order valence-corrected chi connectivity index (χ0v) is 17.5. The van der Waals surface area contributed by atoms with Crippen LogP contribution in [0.1, 0.15) is 18.9 Å². The molecule has 2 aromatic carbocycles. The summed E-state index contributed by atoms with van der Waals surface area (Å²) >= 11 is 1.47. The molecule has 1 saturated heterocycles. The van der Waals surface area contributed by atoms with Gasteiger partial charge in [0.15, 0.2) is 0 Å². The van der Waals surface area contributed by atoms with Gasteiger partial charge in [0.05, 0.1) is 5.39 Å². The Bertz CT molecular complexity index is 1240. The van der Waals surface area contributed by atoms with Crippen LogP contribution in [-0.2, 0) is 0 Å². The first-order chi connectivity index (χ1) is 14.6. The number of halogens is 1. The lowest BCUT2D eigenvalue weighted by Crippen LogP contribution is -2.36. The van der Waals surface area contributed by atoms with Crippen LogP contribution in [0.3, 0.4) is 0 Å². The topological polar surface area (TPSA) is 38.1 Å². The molecule has 0 spiro atoms. The van der Waals surface area contributed by atoms with Crippen LogP contribution >= 0.6 is 11.3 Å². The Morgan fingerprint density at radius 3 is 2.40 bits per heavy atom. The van der Waals surface area contributed by atoms with Crippen molar-refractivity contribution in [3.8, 4) is 22.5 Å². The highest BCUT2D eigenvalue weighted by molar-refractivity contribution is 7.17. The third kappa shape index (κ3) is 3.36. The van der Waals surface area contributed by atoms with E-state index >= 15 is 0 Å². The molecule has 1 fully saturated rings. The number of thiophene rings is 1. The Morgan fingerprint density at radius 1 is 1.00 bits per heavy atom. The van der Waals surface area contributed by atoms with Gasteiger partial charge >= 0.3 is 0 Å². The first kappa shape index (κ1) is 19.2. The second kappa shape index (κ2) is 7.78. The maximum atomic E-state index is 13.9. The number of rotatable bonds is 3. The number of nitrogens with zero attached hydrogens (tertiary/aromatic N) is 3. The molecule has 5 rings (SSSR count). The first-order valence-electron chi connectivity index (χ1n) is 10.2. The third-order valence-corrected chi connectivity index (χ3v) is 6.75. The molecule has 4 aromatic rings. The fourth-order valence-electron chi connectivity index (χ4n) is 4.23. The average molecular weight is 420 g/mol. The smallest absolute Gasteiger partial charge is 0.263 e. The van der Waals surface area contributed by atoms with Crippen LogP contribution in [-0.4, -0.2) is 34.6 Å². The summed E-state index contributed by atoms with van der Waals surface area (Å²) in [6.07, 6.45) is 1.83. The highest BCUT2D eigenvalue weighted by Gasteiger charge is 2.25. The van der Waals surface area contributed by atoms with E-state index in [4.69, 9.17) is 4.98 Å². The van der Waals surface area contributed by atoms with Crippen LogP contribution in [0.5, 0.6) is 0 Å². The zero-order chi connectivity index (χ0) is 20.7. The van der Waals surface area contributed by atoms with Gasteiger partial charge in [0, 0.05) is 22.5 Å². The van der Waals surface area contributed by atoms with E-state index in [0.717, 1.165) is 53.3 Å². The number of aromatic nitrogens is 2. The summed E-state index contributed by atoms with van der Waals surface area (Å²) in [5.74, 6) is 0.446. The van der Waals surface area contributed by atoms with Crippen molar-refractivity contribution in [2.45, 2.75) is 18.9 Å². The van der Waals surface area contributed by atoms with Gasteiger partial charge < -0.3 is 4.90 Å². The quantitative estimate of drug-likeness (QED) is 0.458. The third-order valence-electron chi connectivity index (χ3n) is 5.88. The minimum absolute atomic E-state index is 0.00557. The van der Waals surface area contributed by atoms with Crippen molar-refractivity contribution in [3.63, 3.8) is 0 Å². The number of hydrogen-bond acceptors (Lipinski definition) is 4. The normalized spacial score (nSPS) is 15.7. The summed E-state index contributed by atoms with van der Waals surface area (Å²) in [4.78, 5) is 21.8.